The molecule has 2 aromatic heterocycles. The smallest absolute Gasteiger partial charge is 0.405 e. The molecule has 2 unspecified atom stereocenters. The zero-order valence-electron chi connectivity index (χ0n) is 21.5. The first-order valence-corrected chi connectivity index (χ1v) is 13.0. The second kappa shape index (κ2) is 9.35. The molecule has 2 heterocycles. The molecule has 4 N–H and O–H groups in total. The van der Waals surface area contributed by atoms with Crippen LogP contribution in [-0.4, -0.2) is 54.7 Å². The van der Waals surface area contributed by atoms with Crippen LogP contribution in [-0.2, 0) is 9.53 Å². The van der Waals surface area contributed by atoms with Crippen molar-refractivity contribution in [2.75, 3.05) is 0 Å². The van der Waals surface area contributed by atoms with Crippen molar-refractivity contribution >= 4 is 24.1 Å². The molecule has 0 radical (unpaired) electrons. The van der Waals surface area contributed by atoms with Gasteiger partial charge in [0.05, 0.1) is 11.7 Å². The number of hydrogen-bond donors (Lipinski definition) is 3. The van der Waals surface area contributed by atoms with Crippen molar-refractivity contribution in [2.24, 2.45) is 23.5 Å². The van der Waals surface area contributed by atoms with Gasteiger partial charge in [0.2, 0.25) is 5.91 Å². The van der Waals surface area contributed by atoms with E-state index in [1.54, 1.807) is 47.1 Å². The third-order valence-electron chi connectivity index (χ3n) is 7.98. The van der Waals surface area contributed by atoms with Crippen LogP contribution in [0.3, 0.4) is 0 Å². The number of rotatable bonds is 8. The summed E-state index contributed by atoms with van der Waals surface area (Å²) in [5.41, 5.74) is 4.69. The predicted octanol–water partition coefficient (Wildman–Crippen LogP) is 2.62. The molecule has 4 fully saturated rings. The van der Waals surface area contributed by atoms with Gasteiger partial charge in [-0.05, 0) is 75.8 Å². The summed E-state index contributed by atoms with van der Waals surface area (Å²) in [6.45, 7) is 5.59. The number of amides is 3. The summed E-state index contributed by atoms with van der Waals surface area (Å²) in [6, 6.07) is 1.78. The number of hydrogen-bond acceptors (Lipinski definition) is 6. The van der Waals surface area contributed by atoms with Crippen LogP contribution >= 0.6 is 0 Å². The highest BCUT2D eigenvalue weighted by Gasteiger charge is 2.57. The van der Waals surface area contributed by atoms with E-state index in [-0.39, 0.29) is 29.7 Å². The molecule has 2 aromatic rings. The highest BCUT2D eigenvalue weighted by atomic mass is 16.6. The lowest BCUT2D eigenvalue weighted by molar-refractivity contribution is -0.137. The van der Waals surface area contributed by atoms with Crippen LogP contribution < -0.4 is 16.4 Å². The van der Waals surface area contributed by atoms with Gasteiger partial charge in [-0.2, -0.15) is 10.2 Å². The number of carbonyl (C=O) groups is 3. The van der Waals surface area contributed by atoms with Gasteiger partial charge in [-0.3, -0.25) is 9.59 Å². The van der Waals surface area contributed by atoms with Gasteiger partial charge in [-0.25, -0.2) is 14.2 Å². The van der Waals surface area contributed by atoms with Crippen molar-refractivity contribution in [1.29, 1.82) is 0 Å². The normalized spacial score (nSPS) is 28.4. The molecule has 0 aliphatic heterocycles. The van der Waals surface area contributed by atoms with E-state index in [0.29, 0.717) is 23.7 Å². The zero-order chi connectivity index (χ0) is 26.4. The SMILES string of the molecule is CCC(=O)NC(C)(C)/C=C/n1ncc(C(=O)N[C@H]2C3CC4CC2C[C@](OC(N)=O)(C4)C3)c1-n1cccn1. The number of carbonyl (C=O) groups excluding carboxylic acids is 3. The predicted molar refractivity (Wildman–Crippen MR) is 135 cm³/mol. The molecular weight excluding hydrogens is 474 g/mol. The van der Waals surface area contributed by atoms with E-state index in [4.69, 9.17) is 10.5 Å². The molecule has 11 nitrogen and oxygen atoms in total. The van der Waals surface area contributed by atoms with Crippen molar-refractivity contribution in [3.05, 3.63) is 36.3 Å². The van der Waals surface area contributed by atoms with Gasteiger partial charge < -0.3 is 21.1 Å². The Morgan fingerprint density at radius 2 is 1.95 bits per heavy atom. The molecule has 2 atom stereocenters. The van der Waals surface area contributed by atoms with E-state index in [9.17, 15) is 14.4 Å². The Bertz CT molecular complexity index is 1200. The molecule has 0 aromatic carbocycles. The number of ether oxygens (including phenoxy) is 1. The second-order valence-corrected chi connectivity index (χ2v) is 11.3. The maximum atomic E-state index is 13.6. The fourth-order valence-electron chi connectivity index (χ4n) is 6.75. The minimum absolute atomic E-state index is 0.00112. The Morgan fingerprint density at radius 3 is 2.57 bits per heavy atom. The topological polar surface area (TPSA) is 146 Å². The first-order chi connectivity index (χ1) is 17.6. The molecule has 3 amide bonds. The molecule has 4 aliphatic rings. The lowest BCUT2D eigenvalue weighted by Gasteiger charge is -2.58. The van der Waals surface area contributed by atoms with Crippen LogP contribution in [0.25, 0.3) is 12.0 Å². The van der Waals surface area contributed by atoms with Gasteiger partial charge in [0, 0.05) is 31.1 Å². The Kier molecular flexibility index (Phi) is 6.33. The number of nitrogens with zero attached hydrogens (tertiary/aromatic N) is 4. The molecular formula is C26H35N7O4. The van der Waals surface area contributed by atoms with E-state index in [1.165, 1.54) is 0 Å². The number of nitrogens with two attached hydrogens (primary N) is 1. The van der Waals surface area contributed by atoms with Crippen LogP contribution in [0.2, 0.25) is 0 Å². The summed E-state index contributed by atoms with van der Waals surface area (Å²) in [5.74, 6) is 1.20. The maximum Gasteiger partial charge on any atom is 0.405 e. The van der Waals surface area contributed by atoms with E-state index in [2.05, 4.69) is 20.8 Å². The van der Waals surface area contributed by atoms with Gasteiger partial charge >= 0.3 is 6.09 Å². The lowest BCUT2D eigenvalue weighted by Crippen LogP contribution is -2.63. The average Bonchev–Trinajstić information content (AvgIpc) is 3.48. The molecule has 198 valence electrons. The Morgan fingerprint density at radius 1 is 1.22 bits per heavy atom. The Balaban J connectivity index is 1.37. The minimum atomic E-state index is -0.718. The van der Waals surface area contributed by atoms with Crippen molar-refractivity contribution in [1.82, 2.24) is 30.2 Å². The number of primary amides is 1. The molecule has 0 saturated heterocycles. The largest absolute Gasteiger partial charge is 0.443 e. The fraction of sp³-hybridized carbons (Fsp3) is 0.577. The van der Waals surface area contributed by atoms with Crippen molar-refractivity contribution in [2.45, 2.75) is 76.5 Å². The van der Waals surface area contributed by atoms with Crippen LogP contribution in [0, 0.1) is 17.8 Å². The number of aromatic nitrogens is 4. The highest BCUT2D eigenvalue weighted by Crippen LogP contribution is 2.57. The molecule has 0 spiro atoms. The Hall–Kier alpha value is -3.63. The molecule has 6 rings (SSSR count). The first kappa shape index (κ1) is 25.0. The molecule has 4 saturated carbocycles. The van der Waals surface area contributed by atoms with Gasteiger partial charge in [0.15, 0.2) is 5.82 Å². The van der Waals surface area contributed by atoms with Crippen molar-refractivity contribution in [3.63, 3.8) is 0 Å². The van der Waals surface area contributed by atoms with Crippen molar-refractivity contribution in [3.8, 4) is 5.82 Å². The maximum absolute atomic E-state index is 13.6. The summed E-state index contributed by atoms with van der Waals surface area (Å²) in [4.78, 5) is 37.1. The average molecular weight is 510 g/mol. The minimum Gasteiger partial charge on any atom is -0.443 e. The molecule has 4 bridgehead atoms. The zero-order valence-corrected chi connectivity index (χ0v) is 21.5. The third-order valence-corrected chi connectivity index (χ3v) is 7.98. The summed E-state index contributed by atoms with van der Waals surface area (Å²) < 4.78 is 8.81. The van der Waals surface area contributed by atoms with Gasteiger partial charge in [0.25, 0.3) is 5.91 Å². The summed E-state index contributed by atoms with van der Waals surface area (Å²) >= 11 is 0. The second-order valence-electron chi connectivity index (χ2n) is 11.3. The lowest BCUT2D eigenvalue weighted by atomic mass is 9.52. The molecule has 11 heteroatoms. The van der Waals surface area contributed by atoms with E-state index >= 15 is 0 Å². The van der Waals surface area contributed by atoms with Crippen LogP contribution in [0.4, 0.5) is 4.79 Å². The third kappa shape index (κ3) is 4.99. The van der Waals surface area contributed by atoms with Crippen LogP contribution in [0.15, 0.2) is 30.7 Å². The van der Waals surface area contributed by atoms with Crippen LogP contribution in [0.1, 0.15) is 69.7 Å². The van der Waals surface area contributed by atoms with E-state index in [0.717, 1.165) is 32.1 Å². The number of nitrogens with one attached hydrogen (secondary N) is 2. The first-order valence-electron chi connectivity index (χ1n) is 13.0. The highest BCUT2D eigenvalue weighted by molar-refractivity contribution is 5.97. The Labute approximate surface area is 215 Å². The summed E-state index contributed by atoms with van der Waals surface area (Å²) in [5, 5.41) is 15.0. The van der Waals surface area contributed by atoms with Crippen LogP contribution in [0.5, 0.6) is 0 Å². The summed E-state index contributed by atoms with van der Waals surface area (Å²) in [7, 11) is 0. The molecule has 4 aliphatic carbocycles. The quantitative estimate of drug-likeness (QED) is 0.499. The standard InChI is InChI=1S/C26H35N7O4/c1-4-20(34)31-25(2,3)6-9-33-23(32-8-5-7-28-32)19(15-29-33)22(35)30-21-17-10-16-11-18(21)14-26(12-16,13-17)37-24(27)36/h5-9,15-18,21H,4,10-14H2,1-3H3,(H2,27,36)(H,30,35)(H,31,34)/b9-6+/t16?,17?,18?,21-,26-. The monoisotopic (exact) mass is 509 g/mol. The summed E-state index contributed by atoms with van der Waals surface area (Å²) in [6.07, 6.45) is 12.5. The van der Waals surface area contributed by atoms with Crippen molar-refractivity contribution < 1.29 is 19.1 Å². The fourth-order valence-corrected chi connectivity index (χ4v) is 6.75. The van der Waals surface area contributed by atoms with E-state index < -0.39 is 17.2 Å². The van der Waals surface area contributed by atoms with Gasteiger partial charge in [0.1, 0.15) is 11.2 Å². The molecule has 37 heavy (non-hydrogen) atoms. The van der Waals surface area contributed by atoms with Gasteiger partial charge in [-0.15, -0.1) is 0 Å². The van der Waals surface area contributed by atoms with E-state index in [1.807, 2.05) is 19.9 Å². The van der Waals surface area contributed by atoms with Gasteiger partial charge in [-0.1, -0.05) is 6.92 Å².